The van der Waals surface area contributed by atoms with Crippen LogP contribution < -0.4 is 11.1 Å². The third kappa shape index (κ3) is 4.17. The smallest absolute Gasteiger partial charge is 0.244 e. The van der Waals surface area contributed by atoms with E-state index in [4.69, 9.17) is 5.73 Å². The number of amides is 1. The topological polar surface area (TPSA) is 55.1 Å². The van der Waals surface area contributed by atoms with Crippen LogP contribution in [0.1, 0.15) is 24.5 Å². The lowest BCUT2D eigenvalue weighted by atomic mass is 9.92. The molecule has 1 amide bonds. The number of aryl methyl sites for hydroxylation is 1. The van der Waals surface area contributed by atoms with Crippen LogP contribution in [0.2, 0.25) is 0 Å². The highest BCUT2D eigenvalue weighted by Gasteiger charge is 2.29. The molecule has 110 valence electrons. The number of benzene rings is 2. The van der Waals surface area contributed by atoms with E-state index in [-0.39, 0.29) is 5.91 Å². The Hall–Kier alpha value is -2.13. The Bertz CT molecular complexity index is 564. The third-order valence-electron chi connectivity index (χ3n) is 3.62. The van der Waals surface area contributed by atoms with E-state index in [2.05, 4.69) is 17.4 Å². The van der Waals surface area contributed by atoms with Crippen molar-refractivity contribution in [2.24, 2.45) is 5.73 Å². The maximum absolute atomic E-state index is 12.2. The summed E-state index contributed by atoms with van der Waals surface area (Å²) < 4.78 is 0. The Labute approximate surface area is 126 Å². The predicted octanol–water partition coefficient (Wildman–Crippen LogP) is 2.61. The molecule has 2 aromatic rings. The van der Waals surface area contributed by atoms with Gasteiger partial charge in [-0.2, -0.15) is 0 Å². The molecule has 0 aliphatic carbocycles. The molecule has 3 N–H and O–H groups in total. The fraction of sp³-hybridized carbons (Fsp3) is 0.278. The zero-order valence-electron chi connectivity index (χ0n) is 12.4. The Kier molecular flexibility index (Phi) is 5.12. The van der Waals surface area contributed by atoms with Gasteiger partial charge in [0.15, 0.2) is 0 Å². The summed E-state index contributed by atoms with van der Waals surface area (Å²) >= 11 is 0. The summed E-state index contributed by atoms with van der Waals surface area (Å²) in [5.74, 6) is -0.137. The number of carbonyl (C=O) groups excluding carboxylic acids is 1. The van der Waals surface area contributed by atoms with Crippen molar-refractivity contribution < 1.29 is 4.79 Å². The number of rotatable bonds is 6. The zero-order valence-corrected chi connectivity index (χ0v) is 12.4. The number of nitrogens with two attached hydrogens (primary N) is 1. The second-order valence-electron chi connectivity index (χ2n) is 5.41. The summed E-state index contributed by atoms with van der Waals surface area (Å²) in [6.07, 6.45) is 1.86. The van der Waals surface area contributed by atoms with E-state index < -0.39 is 5.54 Å². The fourth-order valence-corrected chi connectivity index (χ4v) is 2.24. The highest BCUT2D eigenvalue weighted by atomic mass is 16.2. The lowest BCUT2D eigenvalue weighted by Crippen LogP contribution is -2.49. The van der Waals surface area contributed by atoms with Gasteiger partial charge in [-0.25, -0.2) is 0 Å². The van der Waals surface area contributed by atoms with Crippen LogP contribution in [0.5, 0.6) is 0 Å². The normalized spacial score (nSPS) is 13.4. The third-order valence-corrected chi connectivity index (χ3v) is 3.62. The van der Waals surface area contributed by atoms with Crippen LogP contribution in [0, 0.1) is 0 Å². The molecule has 0 spiro atoms. The minimum absolute atomic E-state index is 0.137. The summed E-state index contributed by atoms with van der Waals surface area (Å²) in [5.41, 5.74) is 7.28. The van der Waals surface area contributed by atoms with E-state index >= 15 is 0 Å². The molecule has 0 saturated carbocycles. The summed E-state index contributed by atoms with van der Waals surface area (Å²) in [5, 5.41) is 2.93. The van der Waals surface area contributed by atoms with Gasteiger partial charge >= 0.3 is 0 Å². The van der Waals surface area contributed by atoms with Gasteiger partial charge in [0, 0.05) is 6.54 Å². The summed E-state index contributed by atoms with van der Waals surface area (Å²) in [7, 11) is 0. The van der Waals surface area contributed by atoms with Gasteiger partial charge in [-0.05, 0) is 30.9 Å². The van der Waals surface area contributed by atoms with E-state index in [0.717, 1.165) is 18.4 Å². The van der Waals surface area contributed by atoms with Crippen LogP contribution in [0.4, 0.5) is 0 Å². The van der Waals surface area contributed by atoms with E-state index in [1.54, 1.807) is 6.92 Å². The van der Waals surface area contributed by atoms with Crippen molar-refractivity contribution in [1.82, 2.24) is 5.32 Å². The molecule has 0 heterocycles. The first-order chi connectivity index (χ1) is 10.1. The SMILES string of the molecule is C[C@](N)(C(=O)NCCCc1ccccc1)c1ccccc1. The maximum atomic E-state index is 12.2. The van der Waals surface area contributed by atoms with Gasteiger partial charge in [-0.15, -0.1) is 0 Å². The number of nitrogens with one attached hydrogen (secondary N) is 1. The fourth-order valence-electron chi connectivity index (χ4n) is 2.24. The highest BCUT2D eigenvalue weighted by Crippen LogP contribution is 2.17. The minimum atomic E-state index is -0.992. The Morgan fingerprint density at radius 3 is 2.24 bits per heavy atom. The average Bonchev–Trinajstić information content (AvgIpc) is 2.53. The monoisotopic (exact) mass is 282 g/mol. The lowest BCUT2D eigenvalue weighted by molar-refractivity contribution is -0.126. The van der Waals surface area contributed by atoms with Gasteiger partial charge in [0.25, 0.3) is 0 Å². The number of carbonyl (C=O) groups is 1. The van der Waals surface area contributed by atoms with Gasteiger partial charge in [-0.1, -0.05) is 60.7 Å². The predicted molar refractivity (Wildman–Crippen MR) is 85.8 cm³/mol. The Morgan fingerprint density at radius 2 is 1.62 bits per heavy atom. The summed E-state index contributed by atoms with van der Waals surface area (Å²) in [6, 6.07) is 19.7. The van der Waals surface area contributed by atoms with E-state index in [1.165, 1.54) is 5.56 Å². The van der Waals surface area contributed by atoms with Gasteiger partial charge < -0.3 is 11.1 Å². The molecule has 2 aromatic carbocycles. The van der Waals surface area contributed by atoms with Crippen LogP contribution >= 0.6 is 0 Å². The first-order valence-electron chi connectivity index (χ1n) is 7.27. The summed E-state index contributed by atoms with van der Waals surface area (Å²) in [4.78, 5) is 12.2. The molecule has 0 aliphatic rings. The molecule has 0 saturated heterocycles. The molecule has 1 atom stereocenters. The molecule has 0 fully saturated rings. The van der Waals surface area contributed by atoms with Crippen molar-refractivity contribution in [3.05, 3.63) is 71.8 Å². The van der Waals surface area contributed by atoms with Crippen molar-refractivity contribution in [3.8, 4) is 0 Å². The zero-order chi connectivity index (χ0) is 15.1. The largest absolute Gasteiger partial charge is 0.354 e. The average molecular weight is 282 g/mol. The number of hydrogen-bond donors (Lipinski definition) is 2. The van der Waals surface area contributed by atoms with E-state index in [0.29, 0.717) is 6.54 Å². The van der Waals surface area contributed by atoms with Crippen LogP contribution in [0.15, 0.2) is 60.7 Å². The molecule has 21 heavy (non-hydrogen) atoms. The van der Waals surface area contributed by atoms with Gasteiger partial charge in [0.2, 0.25) is 5.91 Å². The quantitative estimate of drug-likeness (QED) is 0.800. The summed E-state index contributed by atoms with van der Waals surface area (Å²) in [6.45, 7) is 2.38. The first kappa shape index (κ1) is 15.3. The van der Waals surface area contributed by atoms with Crippen molar-refractivity contribution >= 4 is 5.91 Å². The molecule has 2 rings (SSSR count). The second-order valence-corrected chi connectivity index (χ2v) is 5.41. The van der Waals surface area contributed by atoms with Crippen molar-refractivity contribution in [2.45, 2.75) is 25.3 Å². The van der Waals surface area contributed by atoms with Crippen molar-refractivity contribution in [2.75, 3.05) is 6.54 Å². The standard InChI is InChI=1S/C18H22N2O/c1-18(19,16-12-6-3-7-13-16)17(21)20-14-8-11-15-9-4-2-5-10-15/h2-7,9-10,12-13H,8,11,14,19H2,1H3,(H,20,21)/t18-/m1/s1. The molecule has 0 bridgehead atoms. The van der Waals surface area contributed by atoms with Crippen molar-refractivity contribution in [3.63, 3.8) is 0 Å². The lowest BCUT2D eigenvalue weighted by Gasteiger charge is -2.24. The molecule has 0 aliphatic heterocycles. The van der Waals surface area contributed by atoms with E-state index in [9.17, 15) is 4.79 Å². The Balaban J connectivity index is 1.82. The van der Waals surface area contributed by atoms with Crippen molar-refractivity contribution in [1.29, 1.82) is 0 Å². The molecular weight excluding hydrogens is 260 g/mol. The second kappa shape index (κ2) is 7.04. The van der Waals surface area contributed by atoms with Gasteiger partial charge in [0.1, 0.15) is 5.54 Å². The molecule has 3 heteroatoms. The minimum Gasteiger partial charge on any atom is -0.354 e. The van der Waals surface area contributed by atoms with Gasteiger partial charge in [-0.3, -0.25) is 4.79 Å². The maximum Gasteiger partial charge on any atom is 0.244 e. The molecule has 0 unspecified atom stereocenters. The first-order valence-corrected chi connectivity index (χ1v) is 7.27. The van der Waals surface area contributed by atoms with Crippen LogP contribution in [0.25, 0.3) is 0 Å². The Morgan fingerprint density at radius 1 is 1.05 bits per heavy atom. The highest BCUT2D eigenvalue weighted by molar-refractivity contribution is 5.86. The van der Waals surface area contributed by atoms with Crippen LogP contribution in [-0.2, 0) is 16.8 Å². The van der Waals surface area contributed by atoms with Crippen LogP contribution in [0.3, 0.4) is 0 Å². The van der Waals surface area contributed by atoms with Crippen LogP contribution in [-0.4, -0.2) is 12.5 Å². The number of hydrogen-bond acceptors (Lipinski definition) is 2. The molecule has 0 radical (unpaired) electrons. The molecule has 0 aromatic heterocycles. The molecule has 3 nitrogen and oxygen atoms in total. The molecular formula is C18H22N2O. The van der Waals surface area contributed by atoms with Gasteiger partial charge in [0.05, 0.1) is 0 Å². The van der Waals surface area contributed by atoms with E-state index in [1.807, 2.05) is 48.5 Å².